The quantitative estimate of drug-likeness (QED) is 0.0382. The van der Waals surface area contributed by atoms with Crippen molar-refractivity contribution in [3.63, 3.8) is 0 Å². The Labute approximate surface area is 836 Å². The maximum absolute atomic E-state index is 14.8. The van der Waals surface area contributed by atoms with Crippen molar-refractivity contribution in [3.05, 3.63) is 585 Å². The minimum Gasteiger partial charge on any atom is -0.0622 e. The van der Waals surface area contributed by atoms with Gasteiger partial charge >= 0.3 is 30.0 Å². The van der Waals surface area contributed by atoms with Gasteiger partial charge in [-0.2, -0.15) is 22.9 Å². The number of ether oxygens (including phenoxy) is 2. The number of aryl methyl sites for hydroxylation is 2. The molecule has 0 bridgehead atoms. The van der Waals surface area contributed by atoms with Crippen molar-refractivity contribution < 1.29 is 55.0 Å². The average Bonchev–Trinajstić information content (AvgIpc) is 1.62. The summed E-state index contributed by atoms with van der Waals surface area (Å²) in [5.41, 5.74) is 6.64. The van der Waals surface area contributed by atoms with Crippen molar-refractivity contribution in [2.45, 2.75) is 56.8 Å². The summed E-state index contributed by atoms with van der Waals surface area (Å²) in [6.07, 6.45) is 7.92. The van der Waals surface area contributed by atoms with Crippen LogP contribution in [-0.4, -0.2) is 0 Å². The van der Waals surface area contributed by atoms with Crippen LogP contribution in [0.5, 0.6) is 23.0 Å². The Morgan fingerprint density at radius 3 is 0.694 bits per heavy atom. The number of halogens is 4. The average molecular weight is 2100 g/mol. The first-order valence-electron chi connectivity index (χ1n) is 44.5. The largest absolute Gasteiger partial charge is 0.0622 e. The number of hydrogen-bond acceptors (Lipinski definition) is 2. The molecule has 0 aromatic heterocycles. The van der Waals surface area contributed by atoms with Crippen LogP contribution in [0.3, 0.4) is 0 Å². The van der Waals surface area contributed by atoms with Crippen LogP contribution >= 0.6 is 61.2 Å². The molecule has 0 spiro atoms. The molecule has 2 aliphatic rings. The zero-order valence-corrected chi connectivity index (χ0v) is 86.5. The summed E-state index contributed by atoms with van der Waals surface area (Å²) in [5.74, 6) is 3.10. The van der Waals surface area contributed by atoms with Crippen LogP contribution in [-0.2, 0) is 54.0 Å². The van der Waals surface area contributed by atoms with Gasteiger partial charge in [-0.05, 0) is 222 Å². The van der Waals surface area contributed by atoms with E-state index in [1.165, 1.54) is 102 Å². The number of hydrogen-bond donors (Lipinski definition) is 0. The van der Waals surface area contributed by atoms with E-state index >= 15 is 0 Å². The number of rotatable bonds is 22. The molecule has 2 saturated carbocycles. The molecular weight excluding hydrogens is 1990 g/mol. The second kappa shape index (κ2) is 54.9. The fraction of sp³-hybridized carbons (Fsp3) is 0.0738. The van der Waals surface area contributed by atoms with E-state index in [4.69, 9.17) is 9.47 Å². The molecule has 2 fully saturated rings. The van der Waals surface area contributed by atoms with Gasteiger partial charge in [-0.15, -0.1) is 12.1 Å². The fourth-order valence-electron chi connectivity index (χ4n) is 15.1. The van der Waals surface area contributed by atoms with E-state index in [9.17, 15) is 8.78 Å². The Morgan fingerprint density at radius 2 is 0.478 bits per heavy atom. The number of benzene rings is 18. The number of allylic oxidation sites excluding steroid dienone is 3. The Kier molecular flexibility index (Phi) is 41.7. The summed E-state index contributed by atoms with van der Waals surface area (Å²) in [7, 11) is -1.78. The van der Waals surface area contributed by atoms with Gasteiger partial charge in [-0.3, -0.25) is 0 Å². The van der Waals surface area contributed by atoms with Crippen LogP contribution in [0.1, 0.15) is 59.1 Å². The van der Waals surface area contributed by atoms with Crippen molar-refractivity contribution in [2.24, 2.45) is 0 Å². The Balaban J connectivity index is 0.000000141. The van der Waals surface area contributed by atoms with Gasteiger partial charge in [-0.25, -0.2) is 4.39 Å². The first-order chi connectivity index (χ1) is 65.4. The van der Waals surface area contributed by atoms with Gasteiger partial charge in [0.15, 0.2) is 4.74 Å². The number of para-hydroxylation sites is 2. The van der Waals surface area contributed by atoms with E-state index < -0.39 is 31.7 Å². The molecule has 0 unspecified atom stereocenters. The molecule has 0 amide bonds. The van der Waals surface area contributed by atoms with Crippen molar-refractivity contribution in [2.75, 3.05) is 0 Å². The monoisotopic (exact) mass is 2090 g/mol. The molecule has 134 heavy (non-hydrogen) atoms. The van der Waals surface area contributed by atoms with Gasteiger partial charge < -0.3 is 9.47 Å². The summed E-state index contributed by atoms with van der Waals surface area (Å²) in [6.45, 7) is 7.98. The van der Waals surface area contributed by atoms with Gasteiger partial charge in [0, 0.05) is 37.7 Å². The van der Waals surface area contributed by atoms with Gasteiger partial charge in [0.25, 0.3) is 0 Å². The zero-order valence-electron chi connectivity index (χ0n) is 75.2. The summed E-state index contributed by atoms with van der Waals surface area (Å²) < 4.78 is 38.8. The second-order valence-electron chi connectivity index (χ2n) is 31.7. The molecule has 0 atom stereocenters. The molecular formula is C122H106Br2F2O2P4PdZn. The van der Waals surface area contributed by atoms with Gasteiger partial charge in [0.05, 0.1) is 5.75 Å². The second-order valence-corrected chi connectivity index (χ2v) is 41.4. The molecule has 20 rings (SSSR count). The van der Waals surface area contributed by atoms with Gasteiger partial charge in [-0.1, -0.05) is 472 Å². The van der Waals surface area contributed by atoms with Gasteiger partial charge in [0.1, 0.15) is 23.1 Å². The first-order valence-corrected chi connectivity index (χ1v) is 57.6. The van der Waals surface area contributed by atoms with Crippen LogP contribution in [0.15, 0.2) is 544 Å². The van der Waals surface area contributed by atoms with E-state index in [-0.39, 0.29) is 41.8 Å². The molecule has 0 N–H and O–H groups in total. The maximum atomic E-state index is 14.8. The molecule has 0 aliphatic heterocycles. The Morgan fingerprint density at radius 1 is 0.276 bits per heavy atom. The van der Waals surface area contributed by atoms with Crippen LogP contribution in [0, 0.1) is 20.8 Å². The third-order valence-electron chi connectivity index (χ3n) is 21.9. The third kappa shape index (κ3) is 32.0. The van der Waals surface area contributed by atoms with Crippen molar-refractivity contribution >= 4 is 125 Å². The van der Waals surface area contributed by atoms with E-state index in [2.05, 4.69) is 463 Å². The minimum atomic E-state index is -0.446. The molecule has 666 valence electrons. The smallest absolute Gasteiger partial charge is 0.0134 e. The molecule has 0 radical (unpaired) electrons. The van der Waals surface area contributed by atoms with E-state index in [1.807, 2.05) is 115 Å². The van der Waals surface area contributed by atoms with Crippen molar-refractivity contribution in [1.82, 2.24) is 0 Å². The van der Waals surface area contributed by atoms with E-state index in [0.29, 0.717) is 6.42 Å². The van der Waals surface area contributed by atoms with Crippen molar-refractivity contribution in [3.8, 4) is 23.0 Å². The summed E-state index contributed by atoms with van der Waals surface area (Å²) in [6, 6.07) is 181. The molecule has 12 heteroatoms. The SMILES string of the molecule is Cc1ccc(C2(/C=C(\F)Cc3cccc(Oc4ccccc4)c3)CC2)cc1.Cc1ccc(C2(C=C(F)Br)CC2)cc1.[CH2-]c1cccc(Oc2ccccc2)c1.[Pd].[Zn+][Br].c1ccc(P(c2ccccc2)c2ccccc2)cc1.c1ccc(P(c2ccccc2)c2ccccc2)cc1.c1ccc(P(c2ccccc2)c2ccccc2)cc1.c1ccc(P(c2ccccc2)c2ccccc2)cc1. The zero-order chi connectivity index (χ0) is 92.3. The van der Waals surface area contributed by atoms with E-state index in [1.54, 1.807) is 6.08 Å². The molecule has 18 aromatic rings. The molecule has 2 nitrogen and oxygen atoms in total. The fourth-order valence-corrected chi connectivity index (χ4v) is 24.8. The molecule has 18 aromatic carbocycles. The summed E-state index contributed by atoms with van der Waals surface area (Å²) in [4.78, 5) is 0. The Bertz CT molecular complexity index is 5550. The van der Waals surface area contributed by atoms with Crippen molar-refractivity contribution in [1.29, 1.82) is 0 Å². The molecule has 0 saturated heterocycles. The standard InChI is InChI=1S/C25H23FO.4C18H15P.C13H11O.C12H12BrF.BrH.Pd.Zn/c1-19-10-12-21(13-11-19)25(14-15-25)18-22(26)16-20-6-5-9-24(17-20)27-23-7-3-2-4-8-23;4*1-4-10-16(11-5-1)19(17-12-6-2-7-13-17)18-14-8-3-9-15-18;1-11-6-5-9-13(10-11)14-12-7-3-2-4-8-12;1-9-2-4-10(5-3-9)12(6-7-12)8-11(13)14;;;/h2-13,17-18H,14-16H2,1H3;4*1-15H;2-10H,1H2;2-5,8H,6-7H2,1H3;1H;;/q;;;;;-1;;;;+2/p-1/b22-18-;;;;;;;;;. The maximum Gasteiger partial charge on any atom is -0.0134 e. The Hall–Kier alpha value is -11.3. The van der Waals surface area contributed by atoms with Crippen LogP contribution in [0.4, 0.5) is 8.78 Å². The third-order valence-corrected chi connectivity index (χ3v) is 32.0. The minimum absolute atomic E-state index is 0. The van der Waals surface area contributed by atoms with Gasteiger partial charge in [0.2, 0.25) is 0 Å². The summed E-state index contributed by atoms with van der Waals surface area (Å²) >= 11 is 7.11. The normalized spacial score (nSPS) is 12.2. The molecule has 2 aliphatic carbocycles. The van der Waals surface area contributed by atoms with Crippen LogP contribution in [0.2, 0.25) is 0 Å². The van der Waals surface area contributed by atoms with Crippen LogP contribution in [0.25, 0.3) is 0 Å². The first kappa shape index (κ1) is 102. The topological polar surface area (TPSA) is 18.5 Å². The summed E-state index contributed by atoms with van der Waals surface area (Å²) in [5, 5.41) is 16.8. The van der Waals surface area contributed by atoms with E-state index in [0.717, 1.165) is 59.8 Å². The predicted molar refractivity (Wildman–Crippen MR) is 575 cm³/mol. The predicted octanol–water partition coefficient (Wildman–Crippen LogP) is 29.4. The molecule has 0 heterocycles. The van der Waals surface area contributed by atoms with Crippen LogP contribution < -0.4 is 73.1 Å².